The van der Waals surface area contributed by atoms with E-state index in [1.54, 1.807) is 52.0 Å². The average Bonchev–Trinajstić information content (AvgIpc) is 2.79. The van der Waals surface area contributed by atoms with E-state index in [9.17, 15) is 29.2 Å². The number of aryl methyl sites for hydroxylation is 1. The number of esters is 1. The van der Waals surface area contributed by atoms with Crippen LogP contribution in [-0.4, -0.2) is 66.5 Å². The molecule has 12 nitrogen and oxygen atoms in total. The Balaban J connectivity index is 3.45. The van der Waals surface area contributed by atoms with Crippen molar-refractivity contribution in [2.45, 2.75) is 58.2 Å². The topological polar surface area (TPSA) is 181 Å². The zero-order valence-electron chi connectivity index (χ0n) is 21.1. The normalized spacial score (nSPS) is 12.3. The van der Waals surface area contributed by atoms with E-state index >= 15 is 0 Å². The molecule has 2 atom stereocenters. The number of ether oxygens (including phenoxy) is 2. The van der Waals surface area contributed by atoms with Gasteiger partial charge in [-0.2, -0.15) is 5.26 Å². The maximum Gasteiger partial charge on any atom is 0.408 e. The van der Waals surface area contributed by atoms with Gasteiger partial charge >= 0.3 is 12.1 Å². The van der Waals surface area contributed by atoms with Crippen LogP contribution in [0.15, 0.2) is 24.3 Å². The second-order valence-corrected chi connectivity index (χ2v) is 8.88. The van der Waals surface area contributed by atoms with E-state index in [0.717, 1.165) is 12.0 Å². The van der Waals surface area contributed by atoms with Crippen LogP contribution in [0.25, 0.3) is 0 Å². The van der Waals surface area contributed by atoms with Crippen LogP contribution in [-0.2, 0) is 28.7 Å². The van der Waals surface area contributed by atoms with Crippen molar-refractivity contribution in [2.24, 2.45) is 5.73 Å². The van der Waals surface area contributed by atoms with Gasteiger partial charge in [-0.15, -0.1) is 0 Å². The molecule has 12 heteroatoms. The van der Waals surface area contributed by atoms with Gasteiger partial charge in [-0.25, -0.2) is 4.79 Å². The first-order valence-corrected chi connectivity index (χ1v) is 11.2. The Kier molecular flexibility index (Phi) is 11.4. The lowest BCUT2D eigenvalue weighted by molar-refractivity contribution is -0.144. The fourth-order valence-electron chi connectivity index (χ4n) is 3.24. The highest BCUT2D eigenvalue weighted by atomic mass is 16.6. The molecule has 0 aliphatic rings. The number of nitrogens with zero attached hydrogens (tertiary/aromatic N) is 2. The zero-order chi connectivity index (χ0) is 27.5. The molecule has 0 aromatic heterocycles. The first-order valence-electron chi connectivity index (χ1n) is 11.2. The smallest absolute Gasteiger partial charge is 0.408 e. The van der Waals surface area contributed by atoms with Crippen molar-refractivity contribution in [1.82, 2.24) is 15.5 Å². The van der Waals surface area contributed by atoms with Gasteiger partial charge in [0.15, 0.2) is 0 Å². The SMILES string of the molecule is COC(=O)CNC(=O)C(c1ccccc1C)N(CC#N)C(=O)C(CCC(N)=O)NC(=O)OC(C)(C)C. The number of primary amides is 1. The molecule has 1 aromatic rings. The predicted molar refractivity (Wildman–Crippen MR) is 128 cm³/mol. The minimum atomic E-state index is -1.33. The summed E-state index contributed by atoms with van der Waals surface area (Å²) in [6.07, 6.45) is -1.37. The summed E-state index contributed by atoms with van der Waals surface area (Å²) in [7, 11) is 1.16. The Morgan fingerprint density at radius 1 is 1.17 bits per heavy atom. The van der Waals surface area contributed by atoms with Crippen LogP contribution >= 0.6 is 0 Å². The van der Waals surface area contributed by atoms with E-state index in [0.29, 0.717) is 11.1 Å². The van der Waals surface area contributed by atoms with Gasteiger partial charge in [0.2, 0.25) is 17.7 Å². The maximum atomic E-state index is 13.7. The highest BCUT2D eigenvalue weighted by Gasteiger charge is 2.37. The van der Waals surface area contributed by atoms with Crippen molar-refractivity contribution < 1.29 is 33.4 Å². The summed E-state index contributed by atoms with van der Waals surface area (Å²) in [5.41, 5.74) is 5.41. The molecule has 0 bridgehead atoms. The number of hydrogen-bond acceptors (Lipinski definition) is 8. The maximum absolute atomic E-state index is 13.7. The molecule has 0 aliphatic heterocycles. The van der Waals surface area contributed by atoms with Crippen molar-refractivity contribution in [2.75, 3.05) is 20.2 Å². The summed E-state index contributed by atoms with van der Waals surface area (Å²) in [6, 6.07) is 5.90. The Bertz CT molecular complexity index is 1010. The van der Waals surface area contributed by atoms with E-state index in [1.807, 2.05) is 6.07 Å². The van der Waals surface area contributed by atoms with Gasteiger partial charge in [0.25, 0.3) is 0 Å². The molecule has 4 N–H and O–H groups in total. The second-order valence-electron chi connectivity index (χ2n) is 8.88. The van der Waals surface area contributed by atoms with Crippen molar-refractivity contribution in [3.05, 3.63) is 35.4 Å². The molecule has 196 valence electrons. The first kappa shape index (κ1) is 29.9. The molecule has 0 saturated carbocycles. The van der Waals surface area contributed by atoms with Crippen LogP contribution in [0.3, 0.4) is 0 Å². The van der Waals surface area contributed by atoms with Crippen molar-refractivity contribution in [3.63, 3.8) is 0 Å². The number of amides is 4. The van der Waals surface area contributed by atoms with Crippen molar-refractivity contribution in [1.29, 1.82) is 5.26 Å². The molecule has 1 aromatic carbocycles. The number of methoxy groups -OCH3 is 1. The number of rotatable bonds is 11. The summed E-state index contributed by atoms with van der Waals surface area (Å²) in [4.78, 5) is 63.3. The van der Waals surface area contributed by atoms with Gasteiger partial charge in [-0.1, -0.05) is 24.3 Å². The van der Waals surface area contributed by atoms with Crippen LogP contribution in [0.2, 0.25) is 0 Å². The highest BCUT2D eigenvalue weighted by Crippen LogP contribution is 2.26. The molecule has 0 radical (unpaired) electrons. The van der Waals surface area contributed by atoms with Crippen LogP contribution < -0.4 is 16.4 Å². The first-order chi connectivity index (χ1) is 16.8. The number of alkyl carbamates (subject to hydrolysis) is 1. The van der Waals surface area contributed by atoms with Crippen LogP contribution in [0.1, 0.15) is 50.8 Å². The van der Waals surface area contributed by atoms with Crippen molar-refractivity contribution in [3.8, 4) is 6.07 Å². The van der Waals surface area contributed by atoms with Gasteiger partial charge in [0, 0.05) is 6.42 Å². The summed E-state index contributed by atoms with van der Waals surface area (Å²) < 4.78 is 9.77. The second kappa shape index (κ2) is 13.7. The van der Waals surface area contributed by atoms with E-state index in [4.69, 9.17) is 10.5 Å². The molecule has 0 heterocycles. The Labute approximate surface area is 210 Å². The summed E-state index contributed by atoms with van der Waals surface area (Å²) in [5, 5.41) is 14.3. The molecule has 2 unspecified atom stereocenters. The Morgan fingerprint density at radius 3 is 2.33 bits per heavy atom. The molecular formula is C24H33N5O7. The lowest BCUT2D eigenvalue weighted by Crippen LogP contribution is -2.53. The van der Waals surface area contributed by atoms with E-state index in [2.05, 4.69) is 15.4 Å². The lowest BCUT2D eigenvalue weighted by atomic mass is 9.97. The minimum absolute atomic E-state index is 0.195. The standard InChI is InChI=1S/C24H33N5O7/c1-15-8-6-7-9-16(15)20(21(32)27-14-19(31)35-5)29(13-12-25)22(33)17(10-11-18(26)30)28-23(34)36-24(2,3)4/h6-9,17,20H,10-11,13-14H2,1-5H3,(H2,26,30)(H,27,32)(H,28,34). The molecule has 4 amide bonds. The minimum Gasteiger partial charge on any atom is -0.468 e. The van der Waals surface area contributed by atoms with E-state index in [1.165, 1.54) is 0 Å². The van der Waals surface area contributed by atoms with E-state index in [-0.39, 0.29) is 12.8 Å². The average molecular weight is 504 g/mol. The molecule has 0 saturated heterocycles. The quantitative estimate of drug-likeness (QED) is 0.293. The van der Waals surface area contributed by atoms with E-state index < -0.39 is 60.6 Å². The third kappa shape index (κ3) is 9.61. The number of carbonyl (C=O) groups is 5. The van der Waals surface area contributed by atoms with Gasteiger partial charge < -0.3 is 30.7 Å². The monoisotopic (exact) mass is 503 g/mol. The van der Waals surface area contributed by atoms with Crippen molar-refractivity contribution >= 4 is 29.8 Å². The van der Waals surface area contributed by atoms with Gasteiger partial charge in [0.1, 0.15) is 30.8 Å². The van der Waals surface area contributed by atoms with Crippen LogP contribution in [0.4, 0.5) is 4.79 Å². The predicted octanol–water partition coefficient (Wildman–Crippen LogP) is 0.836. The lowest BCUT2D eigenvalue weighted by Gasteiger charge is -2.33. The summed E-state index contributed by atoms with van der Waals surface area (Å²) in [5.74, 6) is -2.98. The van der Waals surface area contributed by atoms with Gasteiger partial charge in [-0.3, -0.25) is 19.2 Å². The molecular weight excluding hydrogens is 470 g/mol. The zero-order valence-corrected chi connectivity index (χ0v) is 21.1. The Morgan fingerprint density at radius 2 is 1.81 bits per heavy atom. The number of nitrogens with one attached hydrogen (secondary N) is 2. The van der Waals surface area contributed by atoms with Gasteiger partial charge in [0.05, 0.1) is 13.2 Å². The summed E-state index contributed by atoms with van der Waals surface area (Å²) in [6.45, 7) is 5.62. The fraction of sp³-hybridized carbons (Fsp3) is 0.500. The number of hydrogen-bond donors (Lipinski definition) is 3. The number of benzene rings is 1. The highest BCUT2D eigenvalue weighted by molar-refractivity contribution is 5.93. The fourth-order valence-corrected chi connectivity index (χ4v) is 3.24. The van der Waals surface area contributed by atoms with Crippen LogP contribution in [0.5, 0.6) is 0 Å². The largest absolute Gasteiger partial charge is 0.468 e. The molecule has 0 fully saturated rings. The number of carbonyl (C=O) groups excluding carboxylic acids is 5. The van der Waals surface area contributed by atoms with Crippen LogP contribution in [0, 0.1) is 18.3 Å². The van der Waals surface area contributed by atoms with Gasteiger partial charge in [-0.05, 0) is 45.2 Å². The molecule has 36 heavy (non-hydrogen) atoms. The molecule has 0 spiro atoms. The number of nitrogens with two attached hydrogens (primary N) is 1. The third-order valence-electron chi connectivity index (χ3n) is 4.87. The third-order valence-corrected chi connectivity index (χ3v) is 4.87. The molecule has 1 rings (SSSR count). The Hall–Kier alpha value is -4.14. The molecule has 0 aliphatic carbocycles. The summed E-state index contributed by atoms with van der Waals surface area (Å²) >= 11 is 0. The number of nitriles is 1.